The van der Waals surface area contributed by atoms with Gasteiger partial charge in [0.15, 0.2) is 5.78 Å². The van der Waals surface area contributed by atoms with Crippen molar-refractivity contribution in [2.24, 2.45) is 0 Å². The maximum Gasteiger partial charge on any atom is 0.319 e. The Balaban J connectivity index is 1.83. The number of benzene rings is 3. The van der Waals surface area contributed by atoms with E-state index in [-0.39, 0.29) is 35.9 Å². The predicted octanol–water partition coefficient (Wildman–Crippen LogP) is 4.49. The molecule has 0 aliphatic rings. The SMILES string of the molecule is CCNC(=O)Nc1ccccc1Nc1ccc(C(=O)c2cc(C(=O)NCCO)ccc2C)c(Cl)c1. The van der Waals surface area contributed by atoms with Crippen LogP contribution in [-0.2, 0) is 0 Å². The topological polar surface area (TPSA) is 120 Å². The van der Waals surface area contributed by atoms with Crippen molar-refractivity contribution in [3.05, 3.63) is 87.9 Å². The van der Waals surface area contributed by atoms with E-state index in [2.05, 4.69) is 21.3 Å². The van der Waals surface area contributed by atoms with Crippen LogP contribution in [0.25, 0.3) is 0 Å². The minimum absolute atomic E-state index is 0.123. The van der Waals surface area contributed by atoms with Gasteiger partial charge in [-0.1, -0.05) is 29.8 Å². The lowest BCUT2D eigenvalue weighted by atomic mass is 9.96. The molecule has 0 saturated heterocycles. The number of hydrogen-bond donors (Lipinski definition) is 5. The van der Waals surface area contributed by atoms with Crippen LogP contribution in [0.4, 0.5) is 21.9 Å². The molecule has 182 valence electrons. The molecule has 35 heavy (non-hydrogen) atoms. The molecule has 0 aliphatic carbocycles. The minimum Gasteiger partial charge on any atom is -0.395 e. The number of aliphatic hydroxyl groups excluding tert-OH is 1. The van der Waals surface area contributed by atoms with E-state index in [1.54, 1.807) is 43.3 Å². The second-order valence-corrected chi connectivity index (χ2v) is 8.10. The summed E-state index contributed by atoms with van der Waals surface area (Å²) >= 11 is 6.48. The summed E-state index contributed by atoms with van der Waals surface area (Å²) in [5.74, 6) is -0.687. The van der Waals surface area contributed by atoms with Crippen LogP contribution < -0.4 is 21.3 Å². The first kappa shape index (κ1) is 25.7. The van der Waals surface area contributed by atoms with Crippen molar-refractivity contribution in [1.82, 2.24) is 10.6 Å². The van der Waals surface area contributed by atoms with Crippen molar-refractivity contribution >= 4 is 46.4 Å². The summed E-state index contributed by atoms with van der Waals surface area (Å²) in [7, 11) is 0. The molecule has 0 radical (unpaired) electrons. The number of carbonyl (C=O) groups is 3. The number of hydrogen-bond acceptors (Lipinski definition) is 5. The minimum atomic E-state index is -0.376. The molecular formula is C26H27ClN4O4. The molecule has 0 bridgehead atoms. The Hall–Kier alpha value is -3.88. The third-order valence-electron chi connectivity index (χ3n) is 5.15. The van der Waals surface area contributed by atoms with Gasteiger partial charge in [-0.25, -0.2) is 4.79 Å². The molecule has 0 aromatic heterocycles. The molecule has 0 heterocycles. The number of aryl methyl sites for hydroxylation is 1. The van der Waals surface area contributed by atoms with Gasteiger partial charge in [0.2, 0.25) is 0 Å². The van der Waals surface area contributed by atoms with Gasteiger partial charge >= 0.3 is 6.03 Å². The van der Waals surface area contributed by atoms with Crippen LogP contribution in [0.5, 0.6) is 0 Å². The lowest BCUT2D eigenvalue weighted by molar-refractivity contribution is 0.0944. The molecule has 3 rings (SSSR count). The van der Waals surface area contributed by atoms with Gasteiger partial charge in [0.05, 0.1) is 23.0 Å². The van der Waals surface area contributed by atoms with Gasteiger partial charge in [0.25, 0.3) is 5.91 Å². The second-order valence-electron chi connectivity index (χ2n) is 7.69. The monoisotopic (exact) mass is 494 g/mol. The number of ketones is 1. The third-order valence-corrected chi connectivity index (χ3v) is 5.46. The zero-order chi connectivity index (χ0) is 25.4. The lowest BCUT2D eigenvalue weighted by Gasteiger charge is -2.14. The van der Waals surface area contributed by atoms with Gasteiger partial charge in [0, 0.05) is 35.5 Å². The average Bonchev–Trinajstić information content (AvgIpc) is 2.84. The van der Waals surface area contributed by atoms with E-state index in [4.69, 9.17) is 16.7 Å². The fraction of sp³-hybridized carbons (Fsp3) is 0.192. The van der Waals surface area contributed by atoms with Crippen LogP contribution in [0.1, 0.15) is 38.8 Å². The number of anilines is 3. The van der Waals surface area contributed by atoms with Gasteiger partial charge in [-0.15, -0.1) is 0 Å². The number of aliphatic hydroxyl groups is 1. The highest BCUT2D eigenvalue weighted by Gasteiger charge is 2.18. The second kappa shape index (κ2) is 12.0. The zero-order valence-electron chi connectivity index (χ0n) is 19.4. The third kappa shape index (κ3) is 6.59. The molecular weight excluding hydrogens is 468 g/mol. The zero-order valence-corrected chi connectivity index (χ0v) is 20.2. The number of halogens is 1. The fourth-order valence-electron chi connectivity index (χ4n) is 3.39. The molecule has 3 aromatic carbocycles. The maximum atomic E-state index is 13.3. The number of para-hydroxylation sites is 2. The maximum absolute atomic E-state index is 13.3. The Morgan fingerprint density at radius 2 is 1.66 bits per heavy atom. The molecule has 5 N–H and O–H groups in total. The first-order valence-corrected chi connectivity index (χ1v) is 11.5. The van der Waals surface area contributed by atoms with Gasteiger partial charge < -0.3 is 26.4 Å². The summed E-state index contributed by atoms with van der Waals surface area (Å²) in [6.07, 6.45) is 0. The van der Waals surface area contributed by atoms with Crippen LogP contribution in [0.2, 0.25) is 5.02 Å². The van der Waals surface area contributed by atoms with E-state index in [9.17, 15) is 14.4 Å². The van der Waals surface area contributed by atoms with Gasteiger partial charge in [-0.3, -0.25) is 9.59 Å². The van der Waals surface area contributed by atoms with Gasteiger partial charge in [-0.2, -0.15) is 0 Å². The fourth-order valence-corrected chi connectivity index (χ4v) is 3.65. The van der Waals surface area contributed by atoms with Crippen LogP contribution in [0, 0.1) is 6.92 Å². The predicted molar refractivity (Wildman–Crippen MR) is 138 cm³/mol. The summed E-state index contributed by atoms with van der Waals surface area (Å²) in [6, 6.07) is 16.7. The summed E-state index contributed by atoms with van der Waals surface area (Å²) in [4.78, 5) is 37.4. The summed E-state index contributed by atoms with van der Waals surface area (Å²) in [6.45, 7) is 4.07. The standard InChI is InChI=1S/C26H27ClN4O4/c1-3-28-26(35)31-23-7-5-4-6-22(23)30-18-10-11-19(21(27)15-18)24(33)20-14-17(9-8-16(20)2)25(34)29-12-13-32/h4-11,14-15,30,32H,3,12-13H2,1-2H3,(H,29,34)(H2,28,31,35). The van der Waals surface area contributed by atoms with Crippen LogP contribution in [0.15, 0.2) is 60.7 Å². The van der Waals surface area contributed by atoms with E-state index in [1.807, 2.05) is 25.1 Å². The van der Waals surface area contributed by atoms with E-state index < -0.39 is 0 Å². The molecule has 9 heteroatoms. The van der Waals surface area contributed by atoms with E-state index in [1.165, 1.54) is 6.07 Å². The first-order chi connectivity index (χ1) is 16.8. The quantitative estimate of drug-likeness (QED) is 0.281. The Labute approximate surface area is 208 Å². The van der Waals surface area contributed by atoms with Crippen molar-refractivity contribution < 1.29 is 19.5 Å². The van der Waals surface area contributed by atoms with Crippen molar-refractivity contribution in [2.75, 3.05) is 30.3 Å². The number of amides is 3. The van der Waals surface area contributed by atoms with E-state index in [0.29, 0.717) is 45.9 Å². The smallest absolute Gasteiger partial charge is 0.319 e. The highest BCUT2D eigenvalue weighted by Crippen LogP contribution is 2.29. The number of urea groups is 1. The molecule has 0 saturated carbocycles. The van der Waals surface area contributed by atoms with E-state index >= 15 is 0 Å². The molecule has 8 nitrogen and oxygen atoms in total. The highest BCUT2D eigenvalue weighted by molar-refractivity contribution is 6.35. The summed E-state index contributed by atoms with van der Waals surface area (Å²) in [5.41, 5.74) is 3.55. The van der Waals surface area contributed by atoms with E-state index in [0.717, 1.165) is 0 Å². The molecule has 0 fully saturated rings. The van der Waals surface area contributed by atoms with Crippen LogP contribution >= 0.6 is 11.6 Å². The largest absolute Gasteiger partial charge is 0.395 e. The molecule has 0 spiro atoms. The highest BCUT2D eigenvalue weighted by atomic mass is 35.5. The summed E-state index contributed by atoms with van der Waals surface area (Å²) in [5, 5.41) is 20.4. The lowest BCUT2D eigenvalue weighted by Crippen LogP contribution is -2.28. The summed E-state index contributed by atoms with van der Waals surface area (Å²) < 4.78 is 0. The number of rotatable bonds is 9. The van der Waals surface area contributed by atoms with Gasteiger partial charge in [-0.05, 0) is 61.9 Å². The number of carbonyl (C=O) groups excluding carboxylic acids is 3. The van der Waals surface area contributed by atoms with Crippen molar-refractivity contribution in [1.29, 1.82) is 0 Å². The first-order valence-electron chi connectivity index (χ1n) is 11.1. The van der Waals surface area contributed by atoms with Crippen molar-refractivity contribution in [3.63, 3.8) is 0 Å². The normalized spacial score (nSPS) is 10.4. The van der Waals surface area contributed by atoms with Crippen molar-refractivity contribution in [3.8, 4) is 0 Å². The Kier molecular flexibility index (Phi) is 8.83. The van der Waals surface area contributed by atoms with Crippen LogP contribution in [0.3, 0.4) is 0 Å². The Morgan fingerprint density at radius 1 is 0.914 bits per heavy atom. The molecule has 0 unspecified atom stereocenters. The van der Waals surface area contributed by atoms with Crippen LogP contribution in [-0.4, -0.2) is 42.5 Å². The molecule has 0 aliphatic heterocycles. The number of nitrogens with one attached hydrogen (secondary N) is 4. The average molecular weight is 495 g/mol. The molecule has 3 amide bonds. The molecule has 0 atom stereocenters. The Morgan fingerprint density at radius 3 is 2.34 bits per heavy atom. The Bertz CT molecular complexity index is 1250. The van der Waals surface area contributed by atoms with Crippen molar-refractivity contribution in [2.45, 2.75) is 13.8 Å². The van der Waals surface area contributed by atoms with Gasteiger partial charge in [0.1, 0.15) is 0 Å². The molecule has 3 aromatic rings.